The van der Waals surface area contributed by atoms with Crippen molar-refractivity contribution in [3.8, 4) is 10.4 Å². The van der Waals surface area contributed by atoms with Crippen molar-refractivity contribution in [1.29, 1.82) is 0 Å². The summed E-state index contributed by atoms with van der Waals surface area (Å²) in [7, 11) is 0. The zero-order valence-electron chi connectivity index (χ0n) is 21.8. The van der Waals surface area contributed by atoms with Crippen LogP contribution in [0, 0.1) is 12.8 Å². The zero-order chi connectivity index (χ0) is 26.8. The zero-order valence-corrected chi connectivity index (χ0v) is 22.6. The van der Waals surface area contributed by atoms with E-state index in [1.807, 2.05) is 29.7 Å². The van der Waals surface area contributed by atoms with Crippen LogP contribution < -0.4 is 5.32 Å². The Kier molecular flexibility index (Phi) is 7.29. The molecule has 7 heteroatoms. The van der Waals surface area contributed by atoms with Crippen LogP contribution in [-0.4, -0.2) is 33.3 Å². The van der Waals surface area contributed by atoms with Gasteiger partial charge in [0.15, 0.2) is 0 Å². The maximum absolute atomic E-state index is 12.4. The summed E-state index contributed by atoms with van der Waals surface area (Å²) in [5, 5.41) is 18.7. The predicted octanol–water partition coefficient (Wildman–Crippen LogP) is 7.07. The standard InChI is InChI=1S/C31H31N3O3S/c1-19(2)14-26(21-8-10-22(11-9-21)31(37)32-13-12-30(35)36)34-27-15-20(3)25(16-24(27)18-33-34)29-17-23-6-4-5-7-28(23)38-29/h4-11,15-19,26H,12-14H2,1-3H3,(H,32,37)(H,35,36). The normalized spacial score (nSPS) is 12.3. The molecule has 194 valence electrons. The Balaban J connectivity index is 1.46. The number of thiophene rings is 1. The molecule has 3 aromatic carbocycles. The highest BCUT2D eigenvalue weighted by Gasteiger charge is 2.20. The van der Waals surface area contributed by atoms with Crippen LogP contribution in [0.5, 0.6) is 0 Å². The molecule has 1 unspecified atom stereocenters. The number of carbonyl (C=O) groups excluding carboxylic acids is 1. The lowest BCUT2D eigenvalue weighted by Gasteiger charge is -2.22. The average Bonchev–Trinajstić information content (AvgIpc) is 3.50. The quantitative estimate of drug-likeness (QED) is 0.216. The highest BCUT2D eigenvalue weighted by Crippen LogP contribution is 2.38. The Morgan fingerprint density at radius 2 is 1.79 bits per heavy atom. The topological polar surface area (TPSA) is 84.2 Å². The lowest BCUT2D eigenvalue weighted by molar-refractivity contribution is -0.136. The van der Waals surface area contributed by atoms with Gasteiger partial charge in [0.05, 0.1) is 24.2 Å². The number of rotatable bonds is 9. The molecule has 0 aliphatic carbocycles. The Bertz CT molecular complexity index is 1580. The molecule has 2 heterocycles. The molecule has 1 amide bonds. The minimum atomic E-state index is -0.935. The number of hydrogen-bond acceptors (Lipinski definition) is 4. The maximum atomic E-state index is 12.4. The van der Waals surface area contributed by atoms with E-state index in [1.54, 1.807) is 12.1 Å². The molecule has 38 heavy (non-hydrogen) atoms. The molecule has 6 nitrogen and oxygen atoms in total. The van der Waals surface area contributed by atoms with Crippen LogP contribution in [0.25, 0.3) is 31.4 Å². The number of nitrogens with one attached hydrogen (secondary N) is 1. The van der Waals surface area contributed by atoms with Gasteiger partial charge in [0.1, 0.15) is 0 Å². The summed E-state index contributed by atoms with van der Waals surface area (Å²) in [5.74, 6) is -0.765. The number of carbonyl (C=O) groups is 2. The number of benzene rings is 3. The predicted molar refractivity (Wildman–Crippen MR) is 154 cm³/mol. The highest BCUT2D eigenvalue weighted by atomic mass is 32.1. The fourth-order valence-electron chi connectivity index (χ4n) is 4.89. The van der Waals surface area contributed by atoms with Gasteiger partial charge in [-0.2, -0.15) is 5.10 Å². The van der Waals surface area contributed by atoms with Crippen LogP contribution in [0.15, 0.2) is 72.9 Å². The number of carboxylic acids is 1. The van der Waals surface area contributed by atoms with Gasteiger partial charge < -0.3 is 10.4 Å². The molecule has 0 aliphatic heterocycles. The molecule has 0 spiro atoms. The van der Waals surface area contributed by atoms with Gasteiger partial charge in [-0.05, 0) is 77.7 Å². The van der Waals surface area contributed by atoms with Gasteiger partial charge in [0.2, 0.25) is 0 Å². The number of fused-ring (bicyclic) bond motifs is 2. The maximum Gasteiger partial charge on any atom is 0.305 e. The van der Waals surface area contributed by atoms with Crippen molar-refractivity contribution in [1.82, 2.24) is 15.1 Å². The first-order valence-electron chi connectivity index (χ1n) is 12.9. The number of amides is 1. The molecule has 0 fully saturated rings. The van der Waals surface area contributed by atoms with Crippen molar-refractivity contribution >= 4 is 44.2 Å². The molecular weight excluding hydrogens is 494 g/mol. The fourth-order valence-corrected chi connectivity index (χ4v) is 6.04. The summed E-state index contributed by atoms with van der Waals surface area (Å²) < 4.78 is 3.40. The molecule has 0 radical (unpaired) electrons. The van der Waals surface area contributed by atoms with E-state index in [2.05, 4.69) is 73.2 Å². The van der Waals surface area contributed by atoms with Crippen molar-refractivity contribution in [2.24, 2.45) is 5.92 Å². The van der Waals surface area contributed by atoms with Crippen LogP contribution in [0.1, 0.15) is 54.2 Å². The Labute approximate surface area is 225 Å². The average molecular weight is 526 g/mol. The minimum absolute atomic E-state index is 0.0196. The first-order valence-corrected chi connectivity index (χ1v) is 13.7. The summed E-state index contributed by atoms with van der Waals surface area (Å²) in [6.45, 7) is 6.67. The van der Waals surface area contributed by atoms with Gasteiger partial charge >= 0.3 is 5.97 Å². The summed E-state index contributed by atoms with van der Waals surface area (Å²) in [4.78, 5) is 24.4. The fraction of sp³-hybridized carbons (Fsp3) is 0.258. The molecule has 0 aliphatic rings. The Hall–Kier alpha value is -3.97. The molecule has 1 atom stereocenters. The largest absolute Gasteiger partial charge is 0.481 e. The van der Waals surface area contributed by atoms with E-state index in [0.717, 1.165) is 22.9 Å². The van der Waals surface area contributed by atoms with E-state index >= 15 is 0 Å². The van der Waals surface area contributed by atoms with Gasteiger partial charge in [0, 0.05) is 27.1 Å². The van der Waals surface area contributed by atoms with E-state index in [4.69, 9.17) is 10.2 Å². The highest BCUT2D eigenvalue weighted by molar-refractivity contribution is 7.22. The van der Waals surface area contributed by atoms with Crippen LogP contribution in [0.2, 0.25) is 0 Å². The SMILES string of the molecule is Cc1cc2c(cnn2C(CC(C)C)c2ccc(C(=O)NCCC(=O)O)cc2)cc1-c1cc2ccccc2s1. The van der Waals surface area contributed by atoms with E-state index in [0.29, 0.717) is 11.5 Å². The third-order valence-electron chi connectivity index (χ3n) is 6.80. The van der Waals surface area contributed by atoms with Crippen molar-refractivity contribution in [3.63, 3.8) is 0 Å². The molecule has 5 rings (SSSR count). The number of carboxylic acid groups (broad SMARTS) is 1. The van der Waals surface area contributed by atoms with E-state index in [1.165, 1.54) is 26.1 Å². The lowest BCUT2D eigenvalue weighted by Crippen LogP contribution is -2.26. The smallest absolute Gasteiger partial charge is 0.305 e. The monoisotopic (exact) mass is 525 g/mol. The van der Waals surface area contributed by atoms with E-state index in [9.17, 15) is 9.59 Å². The summed E-state index contributed by atoms with van der Waals surface area (Å²) in [5.41, 5.74) is 5.13. The number of aryl methyl sites for hydroxylation is 1. The van der Waals surface area contributed by atoms with Gasteiger partial charge in [0.25, 0.3) is 5.91 Å². The molecule has 0 bridgehead atoms. The molecule has 2 aromatic heterocycles. The molecule has 0 saturated carbocycles. The second-order valence-electron chi connectivity index (χ2n) is 10.1. The van der Waals surface area contributed by atoms with E-state index < -0.39 is 5.97 Å². The third-order valence-corrected chi connectivity index (χ3v) is 7.95. The molecular formula is C31H31N3O3S. The Morgan fingerprint density at radius 1 is 1.03 bits per heavy atom. The van der Waals surface area contributed by atoms with Gasteiger partial charge in [-0.1, -0.05) is 44.2 Å². The van der Waals surface area contributed by atoms with Crippen molar-refractivity contribution in [3.05, 3.63) is 89.6 Å². The van der Waals surface area contributed by atoms with Gasteiger partial charge in [-0.15, -0.1) is 11.3 Å². The molecule has 0 saturated heterocycles. The first kappa shape index (κ1) is 25.7. The second-order valence-corrected chi connectivity index (χ2v) is 11.2. The number of hydrogen-bond donors (Lipinski definition) is 2. The number of aromatic nitrogens is 2. The first-order chi connectivity index (χ1) is 18.3. The van der Waals surface area contributed by atoms with Crippen LogP contribution in [0.3, 0.4) is 0 Å². The van der Waals surface area contributed by atoms with Crippen molar-refractivity contribution in [2.75, 3.05) is 6.54 Å². The van der Waals surface area contributed by atoms with Crippen molar-refractivity contribution < 1.29 is 14.7 Å². The Morgan fingerprint density at radius 3 is 2.50 bits per heavy atom. The van der Waals surface area contributed by atoms with E-state index in [-0.39, 0.29) is 24.9 Å². The van der Waals surface area contributed by atoms with Gasteiger partial charge in [-0.3, -0.25) is 14.3 Å². The van der Waals surface area contributed by atoms with Crippen molar-refractivity contribution in [2.45, 2.75) is 39.7 Å². The minimum Gasteiger partial charge on any atom is -0.481 e. The molecule has 2 N–H and O–H groups in total. The second kappa shape index (κ2) is 10.8. The molecule has 5 aromatic rings. The summed E-state index contributed by atoms with van der Waals surface area (Å²) in [6, 6.07) is 22.8. The summed E-state index contributed by atoms with van der Waals surface area (Å²) in [6.07, 6.45) is 2.75. The van der Waals surface area contributed by atoms with Crippen LogP contribution >= 0.6 is 11.3 Å². The van der Waals surface area contributed by atoms with Crippen LogP contribution in [-0.2, 0) is 4.79 Å². The van der Waals surface area contributed by atoms with Gasteiger partial charge in [-0.25, -0.2) is 0 Å². The lowest BCUT2D eigenvalue weighted by atomic mass is 9.95. The third kappa shape index (κ3) is 5.34. The summed E-state index contributed by atoms with van der Waals surface area (Å²) >= 11 is 1.81. The van der Waals surface area contributed by atoms with Crippen LogP contribution in [0.4, 0.5) is 0 Å². The number of nitrogens with zero attached hydrogens (tertiary/aromatic N) is 2. The number of aliphatic carboxylic acids is 1.